The first-order chi connectivity index (χ1) is 18.0. The minimum atomic E-state index is -0.388. The number of piperazine rings is 1. The summed E-state index contributed by atoms with van der Waals surface area (Å²) in [7, 11) is 0. The number of hydrogen-bond donors (Lipinski definition) is 0. The molecule has 2 aromatic heterocycles. The Labute approximate surface area is 212 Å². The maximum Gasteiger partial charge on any atom is 0.227 e. The quantitative estimate of drug-likeness (QED) is 0.365. The number of para-hydroxylation sites is 1. The van der Waals surface area contributed by atoms with Gasteiger partial charge in [0.2, 0.25) is 11.9 Å². The highest BCUT2D eigenvalue weighted by Crippen LogP contribution is 2.30. The Morgan fingerprint density at radius 2 is 1.70 bits per heavy atom. The van der Waals surface area contributed by atoms with Gasteiger partial charge in [0.25, 0.3) is 0 Å². The molecule has 1 fully saturated rings. The van der Waals surface area contributed by atoms with Crippen molar-refractivity contribution in [1.29, 1.82) is 0 Å². The second kappa shape index (κ2) is 9.24. The highest BCUT2D eigenvalue weighted by Gasteiger charge is 2.30. The van der Waals surface area contributed by atoms with Crippen LogP contribution in [0.15, 0.2) is 72.8 Å². The van der Waals surface area contributed by atoms with Gasteiger partial charge >= 0.3 is 0 Å². The van der Waals surface area contributed by atoms with Gasteiger partial charge < -0.3 is 9.80 Å². The predicted octanol–water partition coefficient (Wildman–Crippen LogP) is 4.50. The molecule has 1 atom stereocenters. The summed E-state index contributed by atoms with van der Waals surface area (Å²) < 4.78 is 29.9. The van der Waals surface area contributed by atoms with Crippen LogP contribution in [0.25, 0.3) is 27.9 Å². The average molecular weight is 499 g/mol. The van der Waals surface area contributed by atoms with E-state index < -0.39 is 0 Å². The van der Waals surface area contributed by atoms with Gasteiger partial charge in [-0.1, -0.05) is 36.4 Å². The summed E-state index contributed by atoms with van der Waals surface area (Å²) in [6.45, 7) is 3.56. The van der Waals surface area contributed by atoms with E-state index in [-0.39, 0.29) is 30.0 Å². The van der Waals surface area contributed by atoms with E-state index in [9.17, 15) is 13.6 Å². The zero-order valence-corrected chi connectivity index (χ0v) is 20.2. The molecule has 0 spiro atoms. The number of anilines is 1. The number of halogens is 2. The maximum atomic E-state index is 14.8. The molecule has 3 aromatic carbocycles. The number of benzene rings is 3. The number of hydrogen-bond acceptors (Lipinski definition) is 5. The molecule has 0 aliphatic carbocycles. The van der Waals surface area contributed by atoms with Crippen LogP contribution in [-0.4, -0.2) is 56.1 Å². The SMILES string of the molecule is C[C@H]1CN(c2nc3ccccc3c3nnc(-c4ccccc4F)n23)CCN1C(=O)Cc1ccc(F)cc1. The maximum absolute atomic E-state index is 14.8. The van der Waals surface area contributed by atoms with Crippen molar-refractivity contribution < 1.29 is 13.6 Å². The van der Waals surface area contributed by atoms with Gasteiger partial charge in [-0.15, -0.1) is 10.2 Å². The fourth-order valence-electron chi connectivity index (χ4n) is 4.98. The van der Waals surface area contributed by atoms with Crippen LogP contribution in [0, 0.1) is 11.6 Å². The lowest BCUT2D eigenvalue weighted by atomic mass is 10.1. The first kappa shape index (κ1) is 23.0. The molecular formula is C28H24F2N6O. The molecule has 1 saturated heterocycles. The summed E-state index contributed by atoms with van der Waals surface area (Å²) in [5.74, 6) is 0.265. The van der Waals surface area contributed by atoms with Crippen molar-refractivity contribution in [2.24, 2.45) is 0 Å². The predicted molar refractivity (Wildman–Crippen MR) is 137 cm³/mol. The molecule has 3 heterocycles. The normalized spacial score (nSPS) is 16.0. The lowest BCUT2D eigenvalue weighted by molar-refractivity contribution is -0.132. The van der Waals surface area contributed by atoms with Crippen molar-refractivity contribution >= 4 is 28.4 Å². The second-order valence-corrected chi connectivity index (χ2v) is 9.28. The van der Waals surface area contributed by atoms with Gasteiger partial charge in [0.1, 0.15) is 11.6 Å². The summed E-state index contributed by atoms with van der Waals surface area (Å²) in [4.78, 5) is 21.9. The van der Waals surface area contributed by atoms with Crippen LogP contribution in [0.1, 0.15) is 12.5 Å². The van der Waals surface area contributed by atoms with Crippen molar-refractivity contribution in [2.75, 3.05) is 24.5 Å². The second-order valence-electron chi connectivity index (χ2n) is 9.28. The topological polar surface area (TPSA) is 66.6 Å². The first-order valence-electron chi connectivity index (χ1n) is 12.2. The monoisotopic (exact) mass is 498 g/mol. The molecule has 0 saturated carbocycles. The number of fused-ring (bicyclic) bond motifs is 3. The number of nitrogens with zero attached hydrogens (tertiary/aromatic N) is 6. The van der Waals surface area contributed by atoms with Gasteiger partial charge in [-0.2, -0.15) is 0 Å². The van der Waals surface area contributed by atoms with Crippen LogP contribution >= 0.6 is 0 Å². The van der Waals surface area contributed by atoms with Gasteiger partial charge in [-0.05, 0) is 48.9 Å². The van der Waals surface area contributed by atoms with E-state index in [0.717, 1.165) is 16.5 Å². The standard InChI is InChI=1S/C28H24F2N6O/c1-18-17-34(14-15-35(18)25(37)16-19-10-12-20(29)13-11-19)28-31-24-9-5-3-7-22(24)27-33-32-26(36(27)28)21-6-2-4-8-23(21)30/h2-13,18H,14-17H2,1H3/t18-/m0/s1. The van der Waals surface area contributed by atoms with E-state index in [0.29, 0.717) is 42.6 Å². The number of carbonyl (C=O) groups is 1. The Balaban J connectivity index is 1.36. The fourth-order valence-corrected chi connectivity index (χ4v) is 4.98. The molecule has 0 unspecified atom stereocenters. The Morgan fingerprint density at radius 1 is 0.946 bits per heavy atom. The lowest BCUT2D eigenvalue weighted by Crippen LogP contribution is -2.55. The molecule has 1 amide bonds. The van der Waals surface area contributed by atoms with Crippen molar-refractivity contribution in [2.45, 2.75) is 19.4 Å². The van der Waals surface area contributed by atoms with E-state index in [1.165, 1.54) is 18.2 Å². The fraction of sp³-hybridized carbons (Fsp3) is 0.214. The molecule has 9 heteroatoms. The third-order valence-corrected chi connectivity index (χ3v) is 6.84. The molecule has 1 aliphatic rings. The Kier molecular flexibility index (Phi) is 5.75. The molecule has 6 rings (SSSR count). The Morgan fingerprint density at radius 3 is 2.49 bits per heavy atom. The van der Waals surface area contributed by atoms with Gasteiger partial charge in [0.15, 0.2) is 11.5 Å². The van der Waals surface area contributed by atoms with Crippen LogP contribution in [0.5, 0.6) is 0 Å². The van der Waals surface area contributed by atoms with Gasteiger partial charge in [-0.25, -0.2) is 18.2 Å². The van der Waals surface area contributed by atoms with E-state index in [1.807, 2.05) is 40.5 Å². The van der Waals surface area contributed by atoms with E-state index in [2.05, 4.69) is 15.1 Å². The molecule has 7 nitrogen and oxygen atoms in total. The van der Waals surface area contributed by atoms with Gasteiger partial charge in [0, 0.05) is 31.1 Å². The smallest absolute Gasteiger partial charge is 0.227 e. The summed E-state index contributed by atoms with van der Waals surface area (Å²) in [5, 5.41) is 9.61. The highest BCUT2D eigenvalue weighted by molar-refractivity contribution is 5.93. The van der Waals surface area contributed by atoms with Crippen LogP contribution in [0.3, 0.4) is 0 Å². The lowest BCUT2D eigenvalue weighted by Gasteiger charge is -2.40. The van der Waals surface area contributed by atoms with Crippen molar-refractivity contribution in [3.8, 4) is 11.4 Å². The number of amides is 1. The number of carbonyl (C=O) groups excluding carboxylic acids is 1. The zero-order chi connectivity index (χ0) is 25.5. The van der Waals surface area contributed by atoms with Crippen molar-refractivity contribution in [3.63, 3.8) is 0 Å². The minimum Gasteiger partial charge on any atom is -0.338 e. The van der Waals surface area contributed by atoms with Crippen LogP contribution in [-0.2, 0) is 11.2 Å². The Bertz CT molecular complexity index is 1620. The Hall–Kier alpha value is -4.40. The van der Waals surface area contributed by atoms with Gasteiger partial charge in [-0.3, -0.25) is 4.79 Å². The average Bonchev–Trinajstić information content (AvgIpc) is 3.35. The summed E-state index contributed by atoms with van der Waals surface area (Å²) in [6.07, 6.45) is 0.214. The summed E-state index contributed by atoms with van der Waals surface area (Å²) in [5.41, 5.74) is 2.48. The number of rotatable bonds is 4. The van der Waals surface area contributed by atoms with Crippen LogP contribution in [0.2, 0.25) is 0 Å². The number of aromatic nitrogens is 4. The molecule has 186 valence electrons. The molecule has 1 aliphatic heterocycles. The van der Waals surface area contributed by atoms with Crippen LogP contribution < -0.4 is 4.90 Å². The highest BCUT2D eigenvalue weighted by atomic mass is 19.1. The van der Waals surface area contributed by atoms with Crippen molar-refractivity contribution in [1.82, 2.24) is 24.5 Å². The van der Waals surface area contributed by atoms with E-state index in [4.69, 9.17) is 4.98 Å². The molecule has 0 bridgehead atoms. The van der Waals surface area contributed by atoms with E-state index in [1.54, 1.807) is 30.3 Å². The van der Waals surface area contributed by atoms with Crippen LogP contribution in [0.4, 0.5) is 14.7 Å². The summed E-state index contributed by atoms with van der Waals surface area (Å²) in [6, 6.07) is 20.1. The molecule has 0 N–H and O–H groups in total. The molecule has 5 aromatic rings. The molecule has 0 radical (unpaired) electrons. The zero-order valence-electron chi connectivity index (χ0n) is 20.2. The third-order valence-electron chi connectivity index (χ3n) is 6.84. The first-order valence-corrected chi connectivity index (χ1v) is 12.2. The minimum absolute atomic E-state index is 0.00767. The summed E-state index contributed by atoms with van der Waals surface area (Å²) >= 11 is 0. The van der Waals surface area contributed by atoms with E-state index >= 15 is 0 Å². The molecular weight excluding hydrogens is 474 g/mol. The molecule has 37 heavy (non-hydrogen) atoms. The van der Waals surface area contributed by atoms with Crippen molar-refractivity contribution in [3.05, 3.63) is 90.0 Å². The largest absolute Gasteiger partial charge is 0.338 e. The van der Waals surface area contributed by atoms with Gasteiger partial charge in [0.05, 0.1) is 17.5 Å². The third kappa shape index (κ3) is 4.16.